The summed E-state index contributed by atoms with van der Waals surface area (Å²) in [5.41, 5.74) is 0. The summed E-state index contributed by atoms with van der Waals surface area (Å²) < 4.78 is 6.82. The molecule has 2 N–H and O–H groups in total. The molecule has 0 aliphatic carbocycles. The number of carboxylic acid groups (broad SMARTS) is 1. The van der Waals surface area contributed by atoms with Crippen LogP contribution in [0.25, 0.3) is 0 Å². The number of carbonyl (C=O) groups is 2. The van der Waals surface area contributed by atoms with Gasteiger partial charge in [-0.05, 0) is 0 Å². The number of nitrogens with one attached hydrogen (secondary N) is 1. The van der Waals surface area contributed by atoms with Crippen LogP contribution in [0.3, 0.4) is 0 Å². The zero-order valence-corrected chi connectivity index (χ0v) is 11.3. The highest BCUT2D eigenvalue weighted by atomic mass is 16.5. The molecule has 2 amide bonds. The van der Waals surface area contributed by atoms with Crippen molar-refractivity contribution in [3.8, 4) is 0 Å². The Labute approximate surface area is 116 Å². The second kappa shape index (κ2) is 6.38. The molecule has 1 unspecified atom stereocenters. The van der Waals surface area contributed by atoms with Crippen LogP contribution in [-0.2, 0) is 22.6 Å². The van der Waals surface area contributed by atoms with Gasteiger partial charge >= 0.3 is 12.0 Å². The smallest absolute Gasteiger partial charge is 0.326 e. The number of aromatic nitrogens is 2. The van der Waals surface area contributed by atoms with Crippen molar-refractivity contribution in [3.05, 3.63) is 18.2 Å². The molecule has 1 aliphatic heterocycles. The summed E-state index contributed by atoms with van der Waals surface area (Å²) in [6.45, 7) is 1.86. The second-order valence-corrected chi connectivity index (χ2v) is 4.58. The molecule has 1 aromatic rings. The first-order valence-electron chi connectivity index (χ1n) is 6.39. The molecular formula is C12H18N4O4. The molecule has 8 heteroatoms. The minimum Gasteiger partial charge on any atom is -0.480 e. The van der Waals surface area contributed by atoms with E-state index in [0.29, 0.717) is 19.6 Å². The number of carbonyl (C=O) groups excluding carboxylic acids is 1. The van der Waals surface area contributed by atoms with Gasteiger partial charge in [-0.25, -0.2) is 14.6 Å². The van der Waals surface area contributed by atoms with E-state index >= 15 is 0 Å². The molecule has 2 heterocycles. The highest BCUT2D eigenvalue weighted by molar-refractivity contribution is 5.82. The minimum absolute atomic E-state index is 0.236. The molecule has 2 rings (SSSR count). The molecule has 20 heavy (non-hydrogen) atoms. The van der Waals surface area contributed by atoms with Gasteiger partial charge in [0.2, 0.25) is 0 Å². The fourth-order valence-electron chi connectivity index (χ4n) is 2.08. The number of imidazole rings is 1. The normalized spacial score (nSPS) is 15.6. The van der Waals surface area contributed by atoms with Gasteiger partial charge in [0, 0.05) is 45.6 Å². The Balaban J connectivity index is 1.92. The summed E-state index contributed by atoms with van der Waals surface area (Å²) >= 11 is 0. The van der Waals surface area contributed by atoms with Crippen molar-refractivity contribution in [3.63, 3.8) is 0 Å². The van der Waals surface area contributed by atoms with E-state index in [2.05, 4.69) is 10.3 Å². The molecule has 0 saturated heterocycles. The number of fused-ring (bicyclic) bond motifs is 1. The Kier molecular flexibility index (Phi) is 4.57. The van der Waals surface area contributed by atoms with Crippen LogP contribution in [0.5, 0.6) is 0 Å². The maximum absolute atomic E-state index is 12.1. The van der Waals surface area contributed by atoms with E-state index in [4.69, 9.17) is 9.84 Å². The van der Waals surface area contributed by atoms with Gasteiger partial charge in [-0.15, -0.1) is 0 Å². The van der Waals surface area contributed by atoms with Gasteiger partial charge in [0.1, 0.15) is 11.9 Å². The van der Waals surface area contributed by atoms with Gasteiger partial charge in [0.25, 0.3) is 0 Å². The number of nitrogens with zero attached hydrogens (tertiary/aromatic N) is 3. The largest absolute Gasteiger partial charge is 0.480 e. The van der Waals surface area contributed by atoms with Crippen molar-refractivity contribution in [2.75, 3.05) is 20.3 Å². The van der Waals surface area contributed by atoms with Gasteiger partial charge in [-0.1, -0.05) is 0 Å². The van der Waals surface area contributed by atoms with Crippen molar-refractivity contribution in [1.29, 1.82) is 0 Å². The summed E-state index contributed by atoms with van der Waals surface area (Å²) in [6, 6.07) is -1.33. The average Bonchev–Trinajstić information content (AvgIpc) is 2.90. The third-order valence-corrected chi connectivity index (χ3v) is 3.24. The molecule has 110 valence electrons. The van der Waals surface area contributed by atoms with Crippen LogP contribution >= 0.6 is 0 Å². The average molecular weight is 282 g/mol. The Morgan fingerprint density at radius 2 is 2.35 bits per heavy atom. The van der Waals surface area contributed by atoms with E-state index in [1.165, 1.54) is 7.11 Å². The van der Waals surface area contributed by atoms with Crippen LogP contribution in [0.1, 0.15) is 12.2 Å². The lowest BCUT2D eigenvalue weighted by molar-refractivity contribution is -0.139. The molecule has 0 radical (unpaired) electrons. The predicted molar refractivity (Wildman–Crippen MR) is 69.1 cm³/mol. The first-order valence-corrected chi connectivity index (χ1v) is 6.39. The number of carboxylic acids is 1. The molecule has 8 nitrogen and oxygen atoms in total. The first-order chi connectivity index (χ1) is 9.61. The molecule has 0 spiro atoms. The quantitative estimate of drug-likeness (QED) is 0.786. The predicted octanol–water partition coefficient (Wildman–Crippen LogP) is -0.102. The Hall–Kier alpha value is -2.09. The van der Waals surface area contributed by atoms with Crippen LogP contribution in [0, 0.1) is 0 Å². The van der Waals surface area contributed by atoms with E-state index in [9.17, 15) is 9.59 Å². The van der Waals surface area contributed by atoms with E-state index in [1.54, 1.807) is 11.1 Å². The Bertz CT molecular complexity index is 488. The van der Waals surface area contributed by atoms with Crippen LogP contribution in [-0.4, -0.2) is 57.9 Å². The summed E-state index contributed by atoms with van der Waals surface area (Å²) in [7, 11) is 1.49. The van der Waals surface area contributed by atoms with Crippen LogP contribution in [0.2, 0.25) is 0 Å². The monoisotopic (exact) mass is 282 g/mol. The number of aliphatic carboxylic acids is 1. The molecule has 1 aliphatic rings. The lowest BCUT2D eigenvalue weighted by Crippen LogP contribution is -2.50. The molecule has 1 atom stereocenters. The molecule has 0 aromatic carbocycles. The van der Waals surface area contributed by atoms with E-state index in [-0.39, 0.29) is 19.1 Å². The van der Waals surface area contributed by atoms with Crippen molar-refractivity contribution < 1.29 is 19.4 Å². The van der Waals surface area contributed by atoms with Crippen molar-refractivity contribution in [2.45, 2.75) is 25.6 Å². The minimum atomic E-state index is -1.06. The molecule has 0 fully saturated rings. The zero-order valence-electron chi connectivity index (χ0n) is 11.3. The van der Waals surface area contributed by atoms with Gasteiger partial charge < -0.3 is 24.6 Å². The van der Waals surface area contributed by atoms with Gasteiger partial charge in [-0.3, -0.25) is 0 Å². The highest BCUT2D eigenvalue weighted by Crippen LogP contribution is 2.10. The maximum atomic E-state index is 12.1. The number of hydrogen-bond acceptors (Lipinski definition) is 4. The molecule has 1 aromatic heterocycles. The maximum Gasteiger partial charge on any atom is 0.326 e. The molecule has 0 saturated carbocycles. The molecular weight excluding hydrogens is 264 g/mol. The van der Waals surface area contributed by atoms with Gasteiger partial charge in [0.15, 0.2) is 0 Å². The Morgan fingerprint density at radius 1 is 1.55 bits per heavy atom. The lowest BCUT2D eigenvalue weighted by atomic mass is 10.2. The molecule has 0 bridgehead atoms. The van der Waals surface area contributed by atoms with E-state index < -0.39 is 12.0 Å². The topological polar surface area (TPSA) is 96.7 Å². The number of hydrogen-bond donors (Lipinski definition) is 2. The summed E-state index contributed by atoms with van der Waals surface area (Å²) in [5.74, 6) is -0.260. The number of ether oxygens (including phenoxy) is 1. The zero-order chi connectivity index (χ0) is 14.5. The number of rotatable bonds is 5. The van der Waals surface area contributed by atoms with Crippen molar-refractivity contribution >= 4 is 12.0 Å². The third-order valence-electron chi connectivity index (χ3n) is 3.24. The lowest BCUT2D eigenvalue weighted by Gasteiger charge is -2.29. The highest BCUT2D eigenvalue weighted by Gasteiger charge is 2.25. The van der Waals surface area contributed by atoms with Crippen molar-refractivity contribution in [2.24, 2.45) is 0 Å². The third kappa shape index (κ3) is 3.27. The number of methoxy groups -OCH3 is 1. The van der Waals surface area contributed by atoms with Gasteiger partial charge in [0.05, 0.1) is 6.54 Å². The van der Waals surface area contributed by atoms with E-state index in [0.717, 1.165) is 5.82 Å². The SMILES string of the molecule is COCCC(NC(=O)N1CCn2ccnc2C1)C(=O)O. The van der Waals surface area contributed by atoms with E-state index in [1.807, 2.05) is 10.8 Å². The van der Waals surface area contributed by atoms with Crippen LogP contribution in [0.4, 0.5) is 4.79 Å². The second-order valence-electron chi connectivity index (χ2n) is 4.58. The summed E-state index contributed by atoms with van der Waals surface area (Å²) in [6.07, 6.45) is 3.79. The van der Waals surface area contributed by atoms with Crippen molar-refractivity contribution in [1.82, 2.24) is 19.8 Å². The fraction of sp³-hybridized carbons (Fsp3) is 0.583. The van der Waals surface area contributed by atoms with Gasteiger partial charge in [-0.2, -0.15) is 0 Å². The summed E-state index contributed by atoms with van der Waals surface area (Å²) in [4.78, 5) is 28.9. The number of amides is 2. The fourth-order valence-corrected chi connectivity index (χ4v) is 2.08. The number of urea groups is 1. The standard InChI is InChI=1S/C12H18N4O4/c1-20-7-2-9(11(17)18)14-12(19)16-6-5-15-4-3-13-10(15)8-16/h3-4,9H,2,5-8H2,1H3,(H,14,19)(H,17,18). The van der Waals surface area contributed by atoms with Crippen LogP contribution in [0.15, 0.2) is 12.4 Å². The van der Waals surface area contributed by atoms with Crippen LogP contribution < -0.4 is 5.32 Å². The first kappa shape index (κ1) is 14.3. The Morgan fingerprint density at radius 3 is 3.05 bits per heavy atom. The summed E-state index contributed by atoms with van der Waals surface area (Å²) in [5, 5.41) is 11.6.